The fraction of sp³-hybridized carbons (Fsp3) is 0.600. The van der Waals surface area contributed by atoms with Gasteiger partial charge >= 0.3 is 0 Å². The average molecular weight is 299 g/mol. The standard InChI is InChI=1S/C15H25NO3S/c1-3-5-11-16(12-6-4-2)20(18,19)15-10-8-7-9-14(15)13-17/h7-10,17H,3-6,11-13H2,1-2H3. The Balaban J connectivity index is 3.07. The van der Waals surface area contributed by atoms with Gasteiger partial charge in [-0.2, -0.15) is 4.31 Å². The van der Waals surface area contributed by atoms with E-state index in [0.717, 1.165) is 25.7 Å². The van der Waals surface area contributed by atoms with Gasteiger partial charge in [-0.05, 0) is 24.5 Å². The van der Waals surface area contributed by atoms with Crippen LogP contribution in [0.2, 0.25) is 0 Å². The molecule has 114 valence electrons. The second kappa shape index (κ2) is 8.39. The summed E-state index contributed by atoms with van der Waals surface area (Å²) in [6.45, 7) is 4.92. The van der Waals surface area contributed by atoms with Crippen LogP contribution in [0.4, 0.5) is 0 Å². The molecule has 0 spiro atoms. The van der Waals surface area contributed by atoms with Crippen LogP contribution >= 0.6 is 0 Å². The van der Waals surface area contributed by atoms with E-state index in [1.165, 1.54) is 0 Å². The zero-order chi connectivity index (χ0) is 15.0. The average Bonchev–Trinajstić information content (AvgIpc) is 2.47. The highest BCUT2D eigenvalue weighted by Crippen LogP contribution is 2.21. The van der Waals surface area contributed by atoms with Crippen LogP contribution in [0.1, 0.15) is 45.1 Å². The summed E-state index contributed by atoms with van der Waals surface area (Å²) in [6.07, 6.45) is 3.62. The monoisotopic (exact) mass is 299 g/mol. The summed E-state index contributed by atoms with van der Waals surface area (Å²) < 4.78 is 27.0. The minimum absolute atomic E-state index is 0.231. The van der Waals surface area contributed by atoms with Gasteiger partial charge in [0.05, 0.1) is 11.5 Å². The molecule has 0 atom stereocenters. The Morgan fingerprint density at radius 3 is 2.10 bits per heavy atom. The van der Waals surface area contributed by atoms with Crippen molar-refractivity contribution in [3.8, 4) is 0 Å². The molecule has 0 heterocycles. The Labute approximate surface area is 122 Å². The number of hydrogen-bond acceptors (Lipinski definition) is 3. The molecule has 1 N–H and O–H groups in total. The summed E-state index contributed by atoms with van der Waals surface area (Å²) in [4.78, 5) is 0.231. The maximum atomic E-state index is 12.7. The molecular weight excluding hydrogens is 274 g/mol. The van der Waals surface area contributed by atoms with Crippen molar-refractivity contribution in [2.45, 2.75) is 51.0 Å². The van der Waals surface area contributed by atoms with E-state index in [1.54, 1.807) is 28.6 Å². The number of rotatable bonds is 9. The Morgan fingerprint density at radius 1 is 1.05 bits per heavy atom. The van der Waals surface area contributed by atoms with Crippen molar-refractivity contribution in [2.24, 2.45) is 0 Å². The minimum Gasteiger partial charge on any atom is -0.392 e. The predicted molar refractivity (Wildman–Crippen MR) is 80.9 cm³/mol. The van der Waals surface area contributed by atoms with Gasteiger partial charge in [-0.15, -0.1) is 0 Å². The Bertz CT molecular complexity index is 492. The normalized spacial score (nSPS) is 12.0. The van der Waals surface area contributed by atoms with Crippen LogP contribution in [-0.4, -0.2) is 30.9 Å². The molecule has 1 aromatic rings. The highest BCUT2D eigenvalue weighted by Gasteiger charge is 2.25. The van der Waals surface area contributed by atoms with E-state index >= 15 is 0 Å². The van der Waals surface area contributed by atoms with Crippen molar-refractivity contribution >= 4 is 10.0 Å². The lowest BCUT2D eigenvalue weighted by Gasteiger charge is -2.23. The van der Waals surface area contributed by atoms with E-state index in [4.69, 9.17) is 0 Å². The smallest absolute Gasteiger partial charge is 0.243 e. The molecular formula is C15H25NO3S. The van der Waals surface area contributed by atoms with Gasteiger partial charge in [-0.1, -0.05) is 44.9 Å². The van der Waals surface area contributed by atoms with E-state index < -0.39 is 10.0 Å². The predicted octanol–water partition coefficient (Wildman–Crippen LogP) is 2.77. The van der Waals surface area contributed by atoms with E-state index in [9.17, 15) is 13.5 Å². The lowest BCUT2D eigenvalue weighted by Crippen LogP contribution is -2.33. The molecule has 0 aromatic heterocycles. The zero-order valence-corrected chi connectivity index (χ0v) is 13.2. The third kappa shape index (κ3) is 4.30. The zero-order valence-electron chi connectivity index (χ0n) is 12.4. The first-order chi connectivity index (χ1) is 9.57. The topological polar surface area (TPSA) is 57.6 Å². The molecule has 0 saturated heterocycles. The highest BCUT2D eigenvalue weighted by atomic mass is 32.2. The van der Waals surface area contributed by atoms with Crippen molar-refractivity contribution in [3.63, 3.8) is 0 Å². The van der Waals surface area contributed by atoms with Crippen molar-refractivity contribution in [1.82, 2.24) is 4.31 Å². The van der Waals surface area contributed by atoms with E-state index in [2.05, 4.69) is 0 Å². The number of nitrogens with zero attached hydrogens (tertiary/aromatic N) is 1. The fourth-order valence-corrected chi connectivity index (χ4v) is 3.78. The summed E-state index contributed by atoms with van der Waals surface area (Å²) >= 11 is 0. The Kier molecular flexibility index (Phi) is 7.19. The number of hydrogen-bond donors (Lipinski definition) is 1. The fourth-order valence-electron chi connectivity index (χ4n) is 2.05. The Hall–Kier alpha value is -0.910. The van der Waals surface area contributed by atoms with E-state index in [-0.39, 0.29) is 11.5 Å². The molecule has 1 rings (SSSR count). The van der Waals surface area contributed by atoms with Crippen LogP contribution in [0.25, 0.3) is 0 Å². The molecule has 5 heteroatoms. The van der Waals surface area contributed by atoms with Crippen LogP contribution < -0.4 is 0 Å². The van der Waals surface area contributed by atoms with E-state index in [0.29, 0.717) is 18.7 Å². The molecule has 0 bridgehead atoms. The molecule has 1 aromatic carbocycles. The van der Waals surface area contributed by atoms with Gasteiger partial charge in [0.15, 0.2) is 0 Å². The summed E-state index contributed by atoms with van der Waals surface area (Å²) in [7, 11) is -3.51. The van der Waals surface area contributed by atoms with Gasteiger partial charge in [0.25, 0.3) is 0 Å². The number of unbranched alkanes of at least 4 members (excludes halogenated alkanes) is 2. The van der Waals surface area contributed by atoms with Crippen molar-refractivity contribution in [2.75, 3.05) is 13.1 Å². The number of aliphatic hydroxyl groups excluding tert-OH is 1. The maximum Gasteiger partial charge on any atom is 0.243 e. The van der Waals surface area contributed by atoms with Crippen LogP contribution in [0, 0.1) is 0 Å². The first-order valence-corrected chi connectivity index (χ1v) is 8.70. The van der Waals surface area contributed by atoms with Gasteiger partial charge in [0.1, 0.15) is 0 Å². The van der Waals surface area contributed by atoms with Crippen LogP contribution in [0.5, 0.6) is 0 Å². The summed E-state index contributed by atoms with van der Waals surface area (Å²) in [6, 6.07) is 6.67. The molecule has 0 unspecified atom stereocenters. The lowest BCUT2D eigenvalue weighted by molar-refractivity contribution is 0.278. The SMILES string of the molecule is CCCCN(CCCC)S(=O)(=O)c1ccccc1CO. The van der Waals surface area contributed by atoms with Crippen molar-refractivity contribution < 1.29 is 13.5 Å². The quantitative estimate of drug-likeness (QED) is 0.763. The first-order valence-electron chi connectivity index (χ1n) is 7.26. The second-order valence-electron chi connectivity index (χ2n) is 4.88. The van der Waals surface area contributed by atoms with Gasteiger partial charge in [-0.3, -0.25) is 0 Å². The molecule has 0 radical (unpaired) electrons. The highest BCUT2D eigenvalue weighted by molar-refractivity contribution is 7.89. The number of benzene rings is 1. The third-order valence-electron chi connectivity index (χ3n) is 3.28. The lowest BCUT2D eigenvalue weighted by atomic mass is 10.2. The number of sulfonamides is 1. The molecule has 0 aliphatic rings. The molecule has 0 aliphatic heterocycles. The molecule has 0 saturated carbocycles. The van der Waals surface area contributed by atoms with Crippen LogP contribution in [0.15, 0.2) is 29.2 Å². The maximum absolute atomic E-state index is 12.7. The first kappa shape index (κ1) is 17.1. The van der Waals surface area contributed by atoms with Crippen molar-refractivity contribution in [1.29, 1.82) is 0 Å². The number of aliphatic hydroxyl groups is 1. The van der Waals surface area contributed by atoms with E-state index in [1.807, 2.05) is 13.8 Å². The van der Waals surface area contributed by atoms with Crippen molar-refractivity contribution in [3.05, 3.63) is 29.8 Å². The minimum atomic E-state index is -3.51. The van der Waals surface area contributed by atoms with Crippen LogP contribution in [-0.2, 0) is 16.6 Å². The summed E-state index contributed by atoms with van der Waals surface area (Å²) in [5.41, 5.74) is 0.463. The molecule has 4 nitrogen and oxygen atoms in total. The summed E-state index contributed by atoms with van der Waals surface area (Å²) in [5.74, 6) is 0. The Morgan fingerprint density at radius 2 is 1.60 bits per heavy atom. The van der Waals surface area contributed by atoms with Crippen LogP contribution in [0.3, 0.4) is 0 Å². The molecule has 0 fully saturated rings. The largest absolute Gasteiger partial charge is 0.392 e. The third-order valence-corrected chi connectivity index (χ3v) is 5.28. The molecule has 20 heavy (non-hydrogen) atoms. The van der Waals surface area contributed by atoms with Gasteiger partial charge in [-0.25, -0.2) is 8.42 Å². The van der Waals surface area contributed by atoms with Gasteiger partial charge in [0.2, 0.25) is 10.0 Å². The molecule has 0 aliphatic carbocycles. The van der Waals surface area contributed by atoms with Gasteiger partial charge < -0.3 is 5.11 Å². The second-order valence-corrected chi connectivity index (χ2v) is 6.78. The summed E-state index contributed by atoms with van der Waals surface area (Å²) in [5, 5.41) is 9.33. The van der Waals surface area contributed by atoms with Gasteiger partial charge in [0, 0.05) is 13.1 Å². The molecule has 0 amide bonds.